The van der Waals surface area contributed by atoms with Crippen molar-refractivity contribution in [3.8, 4) is 11.5 Å². The van der Waals surface area contributed by atoms with Crippen LogP contribution in [-0.2, 0) is 0 Å². The number of aryl methyl sites for hydroxylation is 1. The molecule has 0 aromatic heterocycles. The molecule has 0 N–H and O–H groups in total. The van der Waals surface area contributed by atoms with Gasteiger partial charge < -0.3 is 9.47 Å². The summed E-state index contributed by atoms with van der Waals surface area (Å²) < 4.78 is 11.5. The second-order valence-electron chi connectivity index (χ2n) is 10.8. The highest BCUT2D eigenvalue weighted by Gasteiger charge is 2.11. The number of nitrogens with zero attached hydrogens (tertiary/aromatic N) is 2. The fraction of sp³-hybridized carbons (Fsp3) is 0.472. The van der Waals surface area contributed by atoms with Crippen LogP contribution >= 0.6 is 0 Å². The van der Waals surface area contributed by atoms with Gasteiger partial charge in [-0.2, -0.15) is 10.2 Å². The zero-order valence-electron chi connectivity index (χ0n) is 25.2. The first-order valence-electron chi connectivity index (χ1n) is 15.7. The van der Waals surface area contributed by atoms with Gasteiger partial charge in [-0.05, 0) is 73.5 Å². The summed E-state index contributed by atoms with van der Waals surface area (Å²) in [5.74, 6) is 0.887. The summed E-state index contributed by atoms with van der Waals surface area (Å²) >= 11 is 0. The maximum atomic E-state index is 12.7. The fourth-order valence-corrected chi connectivity index (χ4v) is 4.75. The largest absolute Gasteiger partial charge is 0.494 e. The van der Waals surface area contributed by atoms with E-state index < -0.39 is 5.97 Å². The Hall–Kier alpha value is -3.47. The van der Waals surface area contributed by atoms with E-state index in [0.717, 1.165) is 23.4 Å². The molecule has 0 spiro atoms. The van der Waals surface area contributed by atoms with Crippen LogP contribution in [0.1, 0.15) is 113 Å². The van der Waals surface area contributed by atoms with E-state index in [9.17, 15) is 4.79 Å². The first kappa shape index (κ1) is 32.0. The van der Waals surface area contributed by atoms with Crippen molar-refractivity contribution in [2.24, 2.45) is 10.2 Å². The Kier molecular flexibility index (Phi) is 15.3. The molecular formula is C36H48N2O3. The van der Waals surface area contributed by atoms with Gasteiger partial charge in [-0.1, -0.05) is 109 Å². The Morgan fingerprint density at radius 2 is 1.20 bits per heavy atom. The normalized spacial score (nSPS) is 11.2. The number of azo groups is 1. The molecule has 0 saturated carbocycles. The van der Waals surface area contributed by atoms with Crippen LogP contribution in [0, 0.1) is 6.92 Å². The Bertz CT molecular complexity index is 1160. The molecule has 3 aromatic carbocycles. The minimum atomic E-state index is -0.398. The number of rotatable bonds is 20. The number of hydrogen-bond donors (Lipinski definition) is 0. The number of hydrogen-bond acceptors (Lipinski definition) is 5. The van der Waals surface area contributed by atoms with E-state index in [0.29, 0.717) is 23.6 Å². The van der Waals surface area contributed by atoms with Crippen molar-refractivity contribution in [3.63, 3.8) is 0 Å². The van der Waals surface area contributed by atoms with Crippen LogP contribution in [-0.4, -0.2) is 12.6 Å². The summed E-state index contributed by atoms with van der Waals surface area (Å²) in [6.45, 7) is 4.87. The second-order valence-corrected chi connectivity index (χ2v) is 10.8. The van der Waals surface area contributed by atoms with Crippen molar-refractivity contribution in [1.82, 2.24) is 0 Å². The summed E-state index contributed by atoms with van der Waals surface area (Å²) in [6, 6.07) is 22.1. The van der Waals surface area contributed by atoms with Crippen molar-refractivity contribution in [2.75, 3.05) is 6.61 Å². The van der Waals surface area contributed by atoms with Crippen LogP contribution in [0.5, 0.6) is 11.5 Å². The van der Waals surface area contributed by atoms with E-state index in [1.807, 2.05) is 55.5 Å². The highest BCUT2D eigenvalue weighted by Crippen LogP contribution is 2.26. The summed E-state index contributed by atoms with van der Waals surface area (Å²) in [4.78, 5) is 12.7. The topological polar surface area (TPSA) is 60.2 Å². The van der Waals surface area contributed by atoms with Crippen LogP contribution in [0.3, 0.4) is 0 Å². The molecule has 5 heteroatoms. The molecule has 41 heavy (non-hydrogen) atoms. The number of carbonyl (C=O) groups is 1. The van der Waals surface area contributed by atoms with Crippen LogP contribution in [0.4, 0.5) is 11.4 Å². The summed E-state index contributed by atoms with van der Waals surface area (Å²) in [7, 11) is 0. The molecule has 3 aromatic rings. The summed E-state index contributed by atoms with van der Waals surface area (Å²) in [6.07, 6.45) is 18.8. The molecule has 0 aliphatic carbocycles. The first-order valence-corrected chi connectivity index (χ1v) is 15.7. The van der Waals surface area contributed by atoms with Crippen LogP contribution in [0.2, 0.25) is 0 Å². The molecule has 0 aliphatic rings. The number of esters is 1. The Labute approximate surface area is 247 Å². The molecular weight excluding hydrogens is 508 g/mol. The van der Waals surface area contributed by atoms with Crippen molar-refractivity contribution in [1.29, 1.82) is 0 Å². The van der Waals surface area contributed by atoms with Gasteiger partial charge in [0.05, 0.1) is 23.5 Å². The predicted octanol–water partition coefficient (Wildman–Crippen LogP) is 11.5. The molecule has 5 nitrogen and oxygen atoms in total. The minimum absolute atomic E-state index is 0.398. The lowest BCUT2D eigenvalue weighted by molar-refractivity contribution is 0.0733. The molecule has 0 atom stereocenters. The van der Waals surface area contributed by atoms with E-state index in [4.69, 9.17) is 9.47 Å². The van der Waals surface area contributed by atoms with Crippen LogP contribution < -0.4 is 9.47 Å². The van der Waals surface area contributed by atoms with Crippen LogP contribution in [0.15, 0.2) is 83.0 Å². The van der Waals surface area contributed by atoms with Gasteiger partial charge in [0.15, 0.2) is 0 Å². The molecule has 0 heterocycles. The highest BCUT2D eigenvalue weighted by molar-refractivity contribution is 5.91. The third kappa shape index (κ3) is 13.2. The van der Waals surface area contributed by atoms with Gasteiger partial charge >= 0.3 is 5.97 Å². The molecule has 3 rings (SSSR count). The van der Waals surface area contributed by atoms with E-state index >= 15 is 0 Å². The van der Waals surface area contributed by atoms with Gasteiger partial charge in [0.1, 0.15) is 11.5 Å². The smallest absolute Gasteiger partial charge is 0.343 e. The molecule has 0 aliphatic heterocycles. The SMILES string of the molecule is CCCCCCCCCCCCCCCCOc1ccc(C(=O)Oc2ccc(N=Nc3ccccc3)cc2C)cc1. The minimum Gasteiger partial charge on any atom is -0.494 e. The Morgan fingerprint density at radius 1 is 0.634 bits per heavy atom. The standard InChI is InChI=1S/C36H48N2O3/c1-3-4-5-6-7-8-9-10-11-12-13-14-15-19-28-40-34-25-22-31(23-26-34)36(39)41-35-27-24-33(29-30(35)2)38-37-32-20-17-16-18-21-32/h16-18,20-27,29H,3-15,19,28H2,1-2H3. The highest BCUT2D eigenvalue weighted by atomic mass is 16.5. The number of ether oxygens (including phenoxy) is 2. The fourth-order valence-electron chi connectivity index (χ4n) is 4.75. The molecule has 0 amide bonds. The van der Waals surface area contributed by atoms with Crippen molar-refractivity contribution in [2.45, 2.75) is 104 Å². The molecule has 0 radical (unpaired) electrons. The lowest BCUT2D eigenvalue weighted by atomic mass is 10.0. The molecule has 0 fully saturated rings. The molecule has 0 bridgehead atoms. The monoisotopic (exact) mass is 556 g/mol. The van der Waals surface area contributed by atoms with Crippen LogP contribution in [0.25, 0.3) is 0 Å². The lowest BCUT2D eigenvalue weighted by Gasteiger charge is -2.09. The van der Waals surface area contributed by atoms with Crippen molar-refractivity contribution < 1.29 is 14.3 Å². The number of unbranched alkanes of at least 4 members (excludes halogenated alkanes) is 13. The average molecular weight is 557 g/mol. The van der Waals surface area contributed by atoms with Gasteiger partial charge in [-0.25, -0.2) is 4.79 Å². The van der Waals surface area contributed by atoms with Gasteiger partial charge in [0.25, 0.3) is 0 Å². The summed E-state index contributed by atoms with van der Waals surface area (Å²) in [5, 5.41) is 8.50. The number of carbonyl (C=O) groups excluding carboxylic acids is 1. The molecule has 0 saturated heterocycles. The van der Waals surface area contributed by atoms with E-state index in [1.165, 1.54) is 83.5 Å². The van der Waals surface area contributed by atoms with Gasteiger partial charge in [-0.15, -0.1) is 0 Å². The third-order valence-corrected chi connectivity index (χ3v) is 7.25. The molecule has 0 unspecified atom stereocenters. The average Bonchev–Trinajstić information content (AvgIpc) is 3.00. The third-order valence-electron chi connectivity index (χ3n) is 7.25. The van der Waals surface area contributed by atoms with Crippen molar-refractivity contribution in [3.05, 3.63) is 83.9 Å². The predicted molar refractivity (Wildman–Crippen MR) is 169 cm³/mol. The van der Waals surface area contributed by atoms with Crippen molar-refractivity contribution >= 4 is 17.3 Å². The Balaban J connectivity index is 1.26. The number of benzene rings is 3. The zero-order chi connectivity index (χ0) is 29.0. The lowest BCUT2D eigenvalue weighted by Crippen LogP contribution is -2.09. The maximum absolute atomic E-state index is 12.7. The van der Waals surface area contributed by atoms with E-state index in [-0.39, 0.29) is 0 Å². The van der Waals surface area contributed by atoms with E-state index in [1.54, 1.807) is 24.3 Å². The second kappa shape index (κ2) is 19.6. The Morgan fingerprint density at radius 3 is 1.78 bits per heavy atom. The van der Waals surface area contributed by atoms with Gasteiger partial charge in [-0.3, -0.25) is 0 Å². The maximum Gasteiger partial charge on any atom is 0.343 e. The zero-order valence-corrected chi connectivity index (χ0v) is 25.2. The van der Waals surface area contributed by atoms with Gasteiger partial charge in [0.2, 0.25) is 0 Å². The first-order chi connectivity index (χ1) is 20.2. The van der Waals surface area contributed by atoms with E-state index in [2.05, 4.69) is 17.2 Å². The summed E-state index contributed by atoms with van der Waals surface area (Å²) in [5.41, 5.74) is 2.79. The quantitative estimate of drug-likeness (QED) is 0.0602. The van der Waals surface area contributed by atoms with Gasteiger partial charge in [0, 0.05) is 0 Å². The molecule has 220 valence electrons.